The highest BCUT2D eigenvalue weighted by molar-refractivity contribution is 5.82. The molecule has 0 amide bonds. The zero-order valence-corrected chi connectivity index (χ0v) is 14.0. The van der Waals surface area contributed by atoms with Crippen molar-refractivity contribution >= 4 is 11.5 Å². The van der Waals surface area contributed by atoms with Crippen LogP contribution in [0, 0.1) is 0 Å². The number of aryl methyl sites for hydroxylation is 1. The Morgan fingerprint density at radius 3 is 2.82 bits per heavy atom. The average Bonchev–Trinajstić information content (AvgIpc) is 2.97. The molecule has 0 bridgehead atoms. The van der Waals surface area contributed by atoms with Crippen molar-refractivity contribution in [1.82, 2.24) is 19.9 Å². The highest BCUT2D eigenvalue weighted by Crippen LogP contribution is 2.22. The minimum Gasteiger partial charge on any atom is -0.363 e. The molecule has 0 N–H and O–H groups in total. The van der Waals surface area contributed by atoms with E-state index in [9.17, 15) is 0 Å². The predicted octanol–water partition coefficient (Wildman–Crippen LogP) is 3.75. The van der Waals surface area contributed by atoms with Crippen LogP contribution < -0.4 is 0 Å². The van der Waals surface area contributed by atoms with Crippen LogP contribution in [0.2, 0.25) is 0 Å². The number of rotatable bonds is 6. The summed E-state index contributed by atoms with van der Waals surface area (Å²) < 4.78 is 1.88. The molecule has 5 nitrogen and oxygen atoms in total. The molecule has 0 spiro atoms. The molecule has 0 aliphatic carbocycles. The van der Waals surface area contributed by atoms with Crippen molar-refractivity contribution in [3.8, 4) is 11.3 Å². The maximum atomic E-state index is 4.69. The lowest BCUT2D eigenvalue weighted by Crippen LogP contribution is -2.24. The van der Waals surface area contributed by atoms with Gasteiger partial charge in [-0.3, -0.25) is 4.68 Å². The minimum atomic E-state index is 0.894. The second-order valence-corrected chi connectivity index (χ2v) is 5.50. The first-order valence-corrected chi connectivity index (χ1v) is 7.91. The van der Waals surface area contributed by atoms with E-state index >= 15 is 0 Å². The van der Waals surface area contributed by atoms with E-state index in [1.165, 1.54) is 0 Å². The molecule has 0 atom stereocenters. The molecule has 1 aromatic carbocycles. The summed E-state index contributed by atoms with van der Waals surface area (Å²) in [5, 5.41) is 8.39. The van der Waals surface area contributed by atoms with Gasteiger partial charge in [-0.2, -0.15) is 0 Å². The quantitative estimate of drug-likeness (QED) is 0.603. The van der Waals surface area contributed by atoms with Gasteiger partial charge in [0.2, 0.25) is 0 Å². The molecule has 118 valence electrons. The normalized spacial score (nSPS) is 11.7. The topological polar surface area (TPSA) is 46.3 Å². The largest absolute Gasteiger partial charge is 0.363 e. The van der Waals surface area contributed by atoms with E-state index < -0.39 is 0 Å². The predicted molar refractivity (Wildman–Crippen MR) is 91.4 cm³/mol. The zero-order chi connectivity index (χ0) is 15.9. The van der Waals surface area contributed by atoms with Gasteiger partial charge in [0.05, 0.1) is 11.9 Å². The van der Waals surface area contributed by atoms with Crippen LogP contribution >= 0.6 is 0 Å². The van der Waals surface area contributed by atoms with Gasteiger partial charge in [-0.25, -0.2) is 4.99 Å². The molecule has 2 rings (SSSR count). The Balaban J connectivity index is 2.20. The van der Waals surface area contributed by atoms with Crippen LogP contribution in [0.15, 0.2) is 35.5 Å². The molecule has 5 heteroatoms. The van der Waals surface area contributed by atoms with Crippen molar-refractivity contribution in [2.45, 2.75) is 40.2 Å². The highest BCUT2D eigenvalue weighted by Gasteiger charge is 2.05. The van der Waals surface area contributed by atoms with Crippen molar-refractivity contribution in [2.75, 3.05) is 13.6 Å². The third-order valence-electron chi connectivity index (χ3n) is 3.54. The Morgan fingerprint density at radius 1 is 1.27 bits per heavy atom. The molecule has 1 aromatic heterocycles. The van der Waals surface area contributed by atoms with Crippen molar-refractivity contribution in [1.29, 1.82) is 0 Å². The molecule has 0 aliphatic rings. The van der Waals surface area contributed by atoms with E-state index in [0.29, 0.717) is 0 Å². The fraction of sp³-hybridized carbons (Fsp3) is 0.471. The lowest BCUT2D eigenvalue weighted by atomic mass is 10.1. The van der Waals surface area contributed by atoms with Gasteiger partial charge in [-0.1, -0.05) is 31.2 Å². The number of nitrogens with zero attached hydrogens (tertiary/aromatic N) is 5. The molecule has 22 heavy (non-hydrogen) atoms. The van der Waals surface area contributed by atoms with E-state index in [-0.39, 0.29) is 0 Å². The summed E-state index contributed by atoms with van der Waals surface area (Å²) in [5.41, 5.74) is 2.89. The van der Waals surface area contributed by atoms with Gasteiger partial charge in [0.25, 0.3) is 0 Å². The Hall–Kier alpha value is -2.17. The van der Waals surface area contributed by atoms with Crippen molar-refractivity contribution < 1.29 is 0 Å². The average molecular weight is 299 g/mol. The Labute approximate surface area is 132 Å². The molecule has 0 saturated heterocycles. The molecule has 1 heterocycles. The van der Waals surface area contributed by atoms with Gasteiger partial charge in [-0.15, -0.1) is 5.10 Å². The van der Waals surface area contributed by atoms with Crippen LogP contribution in [0.25, 0.3) is 11.3 Å². The van der Waals surface area contributed by atoms with Crippen LogP contribution in [0.3, 0.4) is 0 Å². The molecule has 0 saturated carbocycles. The highest BCUT2D eigenvalue weighted by atomic mass is 15.4. The number of hydrogen-bond donors (Lipinski definition) is 0. The van der Waals surface area contributed by atoms with Crippen LogP contribution in [-0.2, 0) is 6.54 Å². The maximum absolute atomic E-state index is 4.69. The van der Waals surface area contributed by atoms with Gasteiger partial charge >= 0.3 is 0 Å². The van der Waals surface area contributed by atoms with E-state index in [0.717, 1.165) is 48.7 Å². The summed E-state index contributed by atoms with van der Waals surface area (Å²) in [4.78, 5) is 6.87. The first-order valence-electron chi connectivity index (χ1n) is 7.91. The SMILES string of the molecule is CCCN(C)C(C)=Nc1cccc(-c2cn(CCC)nn2)c1. The van der Waals surface area contributed by atoms with E-state index in [4.69, 9.17) is 4.99 Å². The number of aliphatic imine (C=N–C) groups is 1. The van der Waals surface area contributed by atoms with Crippen LogP contribution in [0.4, 0.5) is 5.69 Å². The molecular formula is C17H25N5. The summed E-state index contributed by atoms with van der Waals surface area (Å²) in [6.45, 7) is 8.25. The Morgan fingerprint density at radius 2 is 2.09 bits per heavy atom. The van der Waals surface area contributed by atoms with Crippen molar-refractivity contribution in [3.05, 3.63) is 30.5 Å². The van der Waals surface area contributed by atoms with Gasteiger partial charge in [0, 0.05) is 25.7 Å². The molecular weight excluding hydrogens is 274 g/mol. The van der Waals surface area contributed by atoms with E-state index in [2.05, 4.69) is 42.2 Å². The standard InChI is InChI=1S/C17H25N5/c1-5-10-21(4)14(3)18-16-9-7-8-15(12-16)17-13-22(11-6-2)20-19-17/h7-9,12-13H,5-6,10-11H2,1-4H3. The molecule has 0 radical (unpaired) electrons. The van der Waals surface area contributed by atoms with Crippen molar-refractivity contribution in [2.24, 2.45) is 4.99 Å². The Kier molecular flexibility index (Phi) is 5.69. The van der Waals surface area contributed by atoms with Crippen LogP contribution in [0.1, 0.15) is 33.6 Å². The lowest BCUT2D eigenvalue weighted by molar-refractivity contribution is 0.498. The molecule has 0 fully saturated rings. The molecule has 2 aromatic rings. The number of hydrogen-bond acceptors (Lipinski definition) is 3. The number of benzene rings is 1. The first-order chi connectivity index (χ1) is 10.6. The fourth-order valence-electron chi connectivity index (χ4n) is 2.27. The third-order valence-corrected chi connectivity index (χ3v) is 3.54. The third kappa shape index (κ3) is 4.16. The smallest absolute Gasteiger partial charge is 0.113 e. The van der Waals surface area contributed by atoms with Gasteiger partial charge < -0.3 is 4.90 Å². The summed E-state index contributed by atoms with van der Waals surface area (Å²) in [5.74, 6) is 1.02. The summed E-state index contributed by atoms with van der Waals surface area (Å²) >= 11 is 0. The lowest BCUT2D eigenvalue weighted by Gasteiger charge is -2.17. The zero-order valence-electron chi connectivity index (χ0n) is 14.0. The van der Waals surface area contributed by atoms with Crippen molar-refractivity contribution in [3.63, 3.8) is 0 Å². The van der Waals surface area contributed by atoms with Gasteiger partial charge in [0.1, 0.15) is 11.5 Å². The summed E-state index contributed by atoms with van der Waals surface area (Å²) in [6.07, 6.45) is 4.16. The second kappa shape index (κ2) is 7.73. The number of amidine groups is 1. The maximum Gasteiger partial charge on any atom is 0.113 e. The van der Waals surface area contributed by atoms with E-state index in [1.54, 1.807) is 0 Å². The minimum absolute atomic E-state index is 0.894. The van der Waals surface area contributed by atoms with Crippen LogP contribution in [0.5, 0.6) is 0 Å². The van der Waals surface area contributed by atoms with Crippen LogP contribution in [-0.4, -0.2) is 39.3 Å². The fourth-order valence-corrected chi connectivity index (χ4v) is 2.27. The second-order valence-electron chi connectivity index (χ2n) is 5.50. The molecule has 0 aliphatic heterocycles. The van der Waals surface area contributed by atoms with Gasteiger partial charge in [0.15, 0.2) is 0 Å². The first kappa shape index (κ1) is 16.2. The summed E-state index contributed by atoms with van der Waals surface area (Å²) in [6, 6.07) is 8.14. The summed E-state index contributed by atoms with van der Waals surface area (Å²) in [7, 11) is 2.07. The monoisotopic (exact) mass is 299 g/mol. The number of aromatic nitrogens is 3. The molecule has 0 unspecified atom stereocenters. The van der Waals surface area contributed by atoms with E-state index in [1.807, 2.05) is 36.0 Å². The Bertz CT molecular complexity index is 629. The van der Waals surface area contributed by atoms with Gasteiger partial charge in [-0.05, 0) is 31.9 Å².